The van der Waals surface area contributed by atoms with Crippen LogP contribution in [0.4, 0.5) is 0 Å². The molecule has 0 aromatic rings. The minimum absolute atomic E-state index is 0.160. The fraction of sp³-hybridized carbons (Fsp3) is 0.875. The van der Waals surface area contributed by atoms with E-state index < -0.39 is 0 Å². The highest BCUT2D eigenvalue weighted by molar-refractivity contribution is 14.1. The zero-order valence-corrected chi connectivity index (χ0v) is 9.32. The third kappa shape index (κ3) is 2.10. The maximum absolute atomic E-state index is 11.3. The Balaban J connectivity index is 2.57. The highest BCUT2D eigenvalue weighted by Crippen LogP contribution is 2.20. The molecule has 4 heteroatoms. The van der Waals surface area contributed by atoms with E-state index in [-0.39, 0.29) is 18.1 Å². The van der Waals surface area contributed by atoms with Gasteiger partial charge in [0.05, 0.1) is 6.10 Å². The van der Waals surface area contributed by atoms with Gasteiger partial charge >= 0.3 is 0 Å². The van der Waals surface area contributed by atoms with Crippen LogP contribution in [0.2, 0.25) is 0 Å². The Labute approximate surface area is 86.3 Å². The summed E-state index contributed by atoms with van der Waals surface area (Å²) in [5.74, 6) is 0.160. The molecule has 0 aromatic carbocycles. The van der Waals surface area contributed by atoms with Crippen molar-refractivity contribution < 1.29 is 9.90 Å². The Hall–Kier alpha value is 0.160. The molecule has 1 aliphatic heterocycles. The van der Waals surface area contributed by atoms with Gasteiger partial charge in [-0.1, -0.05) is 29.5 Å². The SMILES string of the molecule is CCC(=O)N1CC(O)CC1CI. The quantitative estimate of drug-likeness (QED) is 0.601. The lowest BCUT2D eigenvalue weighted by Crippen LogP contribution is -2.36. The monoisotopic (exact) mass is 283 g/mol. The summed E-state index contributed by atoms with van der Waals surface area (Å²) in [6.07, 6.45) is 0.981. The van der Waals surface area contributed by atoms with E-state index in [1.165, 1.54) is 0 Å². The fourth-order valence-electron chi connectivity index (χ4n) is 1.55. The number of nitrogens with zero attached hydrogens (tertiary/aromatic N) is 1. The maximum atomic E-state index is 11.3. The van der Waals surface area contributed by atoms with E-state index in [1.807, 2.05) is 6.92 Å². The number of amides is 1. The van der Waals surface area contributed by atoms with Crippen molar-refractivity contribution in [3.63, 3.8) is 0 Å². The van der Waals surface area contributed by atoms with Crippen LogP contribution in [-0.2, 0) is 4.79 Å². The Morgan fingerprint density at radius 3 is 2.92 bits per heavy atom. The third-order valence-corrected chi connectivity index (χ3v) is 3.21. The summed E-state index contributed by atoms with van der Waals surface area (Å²) < 4.78 is 0.917. The van der Waals surface area contributed by atoms with Crippen LogP contribution in [0.5, 0.6) is 0 Å². The van der Waals surface area contributed by atoms with Gasteiger partial charge in [0.1, 0.15) is 0 Å². The second-order valence-corrected chi connectivity index (χ2v) is 3.98. The number of likely N-dealkylation sites (tertiary alicyclic amines) is 1. The molecule has 1 fully saturated rings. The van der Waals surface area contributed by atoms with E-state index in [1.54, 1.807) is 4.90 Å². The van der Waals surface area contributed by atoms with Crippen LogP contribution in [0.15, 0.2) is 0 Å². The summed E-state index contributed by atoms with van der Waals surface area (Å²) in [6, 6.07) is 0.257. The molecule has 2 atom stereocenters. The Morgan fingerprint density at radius 2 is 2.42 bits per heavy atom. The Kier molecular flexibility index (Phi) is 3.77. The zero-order valence-electron chi connectivity index (χ0n) is 7.16. The smallest absolute Gasteiger partial charge is 0.222 e. The van der Waals surface area contributed by atoms with Crippen LogP contribution in [0.25, 0.3) is 0 Å². The molecule has 2 unspecified atom stereocenters. The molecule has 1 heterocycles. The molecular weight excluding hydrogens is 269 g/mol. The molecule has 3 nitrogen and oxygen atoms in total. The minimum atomic E-state index is -0.305. The van der Waals surface area contributed by atoms with Crippen molar-refractivity contribution in [3.05, 3.63) is 0 Å². The molecule has 1 N–H and O–H groups in total. The first-order valence-corrected chi connectivity index (χ1v) is 5.75. The van der Waals surface area contributed by atoms with Crippen LogP contribution in [-0.4, -0.2) is 39.0 Å². The van der Waals surface area contributed by atoms with Gasteiger partial charge in [-0.2, -0.15) is 0 Å². The molecule has 0 bridgehead atoms. The van der Waals surface area contributed by atoms with E-state index in [9.17, 15) is 9.90 Å². The number of halogens is 1. The second-order valence-electron chi connectivity index (χ2n) is 3.10. The van der Waals surface area contributed by atoms with Gasteiger partial charge in [-0.05, 0) is 6.42 Å². The average molecular weight is 283 g/mol. The lowest BCUT2D eigenvalue weighted by molar-refractivity contribution is -0.131. The van der Waals surface area contributed by atoms with Crippen LogP contribution in [0, 0.1) is 0 Å². The van der Waals surface area contributed by atoms with E-state index in [2.05, 4.69) is 22.6 Å². The summed E-state index contributed by atoms with van der Waals surface area (Å²) in [4.78, 5) is 13.1. The molecule has 0 aliphatic carbocycles. The number of hydrogen-bond donors (Lipinski definition) is 1. The summed E-state index contributed by atoms with van der Waals surface area (Å²) in [5, 5.41) is 9.35. The molecule has 1 amide bonds. The fourth-order valence-corrected chi connectivity index (χ4v) is 2.38. The minimum Gasteiger partial charge on any atom is -0.391 e. The van der Waals surface area contributed by atoms with Crippen molar-refractivity contribution in [2.75, 3.05) is 11.0 Å². The van der Waals surface area contributed by atoms with E-state index in [4.69, 9.17) is 0 Å². The first-order chi connectivity index (χ1) is 5.69. The molecular formula is C8H14INO2. The van der Waals surface area contributed by atoms with Crippen molar-refractivity contribution in [1.29, 1.82) is 0 Å². The van der Waals surface area contributed by atoms with Gasteiger partial charge in [0.15, 0.2) is 0 Å². The van der Waals surface area contributed by atoms with Crippen molar-refractivity contribution >= 4 is 28.5 Å². The van der Waals surface area contributed by atoms with Gasteiger partial charge in [0, 0.05) is 23.4 Å². The lowest BCUT2D eigenvalue weighted by Gasteiger charge is -2.21. The summed E-state index contributed by atoms with van der Waals surface area (Å²) in [6.45, 7) is 2.39. The molecule has 12 heavy (non-hydrogen) atoms. The molecule has 1 saturated heterocycles. The van der Waals surface area contributed by atoms with Crippen LogP contribution < -0.4 is 0 Å². The van der Waals surface area contributed by atoms with Crippen LogP contribution in [0.1, 0.15) is 19.8 Å². The first kappa shape index (κ1) is 10.2. The average Bonchev–Trinajstić information content (AvgIpc) is 2.45. The molecule has 70 valence electrons. The van der Waals surface area contributed by atoms with Gasteiger partial charge in [-0.25, -0.2) is 0 Å². The molecule has 0 radical (unpaired) electrons. The Morgan fingerprint density at radius 1 is 1.75 bits per heavy atom. The largest absolute Gasteiger partial charge is 0.391 e. The van der Waals surface area contributed by atoms with Gasteiger partial charge in [-0.15, -0.1) is 0 Å². The highest BCUT2D eigenvalue weighted by atomic mass is 127. The number of β-amino-alcohol motifs (C(OH)–C–C–N with tert-alkyl or cyclic N) is 1. The van der Waals surface area contributed by atoms with Crippen molar-refractivity contribution in [2.45, 2.75) is 31.9 Å². The van der Waals surface area contributed by atoms with Gasteiger partial charge in [-0.3, -0.25) is 4.79 Å². The van der Waals surface area contributed by atoms with E-state index in [0.29, 0.717) is 13.0 Å². The van der Waals surface area contributed by atoms with E-state index >= 15 is 0 Å². The van der Waals surface area contributed by atoms with Crippen LogP contribution >= 0.6 is 22.6 Å². The standard InChI is InChI=1S/C8H14INO2/c1-2-8(12)10-5-7(11)3-6(10)4-9/h6-7,11H,2-5H2,1H3. The predicted octanol–water partition coefficient (Wildman–Crippen LogP) is 0.793. The molecule has 0 saturated carbocycles. The van der Waals surface area contributed by atoms with Gasteiger partial charge in [0.25, 0.3) is 0 Å². The second kappa shape index (κ2) is 4.41. The normalized spacial score (nSPS) is 29.4. The molecule has 1 rings (SSSR count). The summed E-state index contributed by atoms with van der Waals surface area (Å²) >= 11 is 2.26. The van der Waals surface area contributed by atoms with Gasteiger partial charge < -0.3 is 10.0 Å². The van der Waals surface area contributed by atoms with Crippen molar-refractivity contribution in [1.82, 2.24) is 4.90 Å². The number of alkyl halides is 1. The van der Waals surface area contributed by atoms with Gasteiger partial charge in [0.2, 0.25) is 5.91 Å². The van der Waals surface area contributed by atoms with Crippen LogP contribution in [0.3, 0.4) is 0 Å². The van der Waals surface area contributed by atoms with Crippen molar-refractivity contribution in [3.8, 4) is 0 Å². The molecule has 1 aliphatic rings. The number of carbonyl (C=O) groups excluding carboxylic acids is 1. The number of rotatable bonds is 2. The number of aliphatic hydroxyl groups excluding tert-OH is 1. The predicted molar refractivity (Wildman–Crippen MR) is 55.3 cm³/mol. The zero-order chi connectivity index (χ0) is 9.14. The highest BCUT2D eigenvalue weighted by Gasteiger charge is 2.32. The molecule has 0 aromatic heterocycles. The number of aliphatic hydroxyl groups is 1. The third-order valence-electron chi connectivity index (χ3n) is 2.19. The number of hydrogen-bond acceptors (Lipinski definition) is 2. The lowest BCUT2D eigenvalue weighted by atomic mass is 10.2. The number of carbonyl (C=O) groups is 1. The summed E-state index contributed by atoms with van der Waals surface area (Å²) in [5.41, 5.74) is 0. The molecule has 0 spiro atoms. The van der Waals surface area contributed by atoms with E-state index in [0.717, 1.165) is 10.8 Å². The Bertz CT molecular complexity index is 174. The maximum Gasteiger partial charge on any atom is 0.222 e. The summed E-state index contributed by atoms with van der Waals surface area (Å²) in [7, 11) is 0. The first-order valence-electron chi connectivity index (χ1n) is 4.22. The topological polar surface area (TPSA) is 40.5 Å². The van der Waals surface area contributed by atoms with Crippen molar-refractivity contribution in [2.24, 2.45) is 0 Å².